The topological polar surface area (TPSA) is 74.3 Å². The highest BCUT2D eigenvalue weighted by Gasteiger charge is 2.29. The summed E-state index contributed by atoms with van der Waals surface area (Å²) in [4.78, 5) is 13.0. The Morgan fingerprint density at radius 2 is 1.76 bits per heavy atom. The zero-order valence-corrected chi connectivity index (χ0v) is 16.0. The van der Waals surface area contributed by atoms with Gasteiger partial charge in [0, 0.05) is 17.3 Å². The number of para-hydroxylation sites is 1. The maximum Gasteiger partial charge on any atom is 0.280 e. The van der Waals surface area contributed by atoms with Crippen molar-refractivity contribution in [3.63, 3.8) is 0 Å². The van der Waals surface area contributed by atoms with Crippen molar-refractivity contribution in [3.05, 3.63) is 78.0 Å². The van der Waals surface area contributed by atoms with Crippen LogP contribution in [-0.4, -0.2) is 21.4 Å². The average Bonchev–Trinajstić information content (AvgIpc) is 3.29. The van der Waals surface area contributed by atoms with E-state index < -0.39 is 0 Å². The summed E-state index contributed by atoms with van der Waals surface area (Å²) in [7, 11) is 0. The Morgan fingerprint density at radius 3 is 2.45 bits per heavy atom. The van der Waals surface area contributed by atoms with Gasteiger partial charge in [-0.15, -0.1) is 0 Å². The summed E-state index contributed by atoms with van der Waals surface area (Å²) >= 11 is 0. The minimum absolute atomic E-state index is 0.169. The van der Waals surface area contributed by atoms with E-state index >= 15 is 0 Å². The van der Waals surface area contributed by atoms with Crippen LogP contribution >= 0.6 is 0 Å². The molecule has 6 nitrogen and oxygen atoms in total. The zero-order chi connectivity index (χ0) is 20.2. The molecule has 0 aliphatic carbocycles. The minimum Gasteiger partial charge on any atom is -0.270 e. The Labute approximate surface area is 169 Å². The van der Waals surface area contributed by atoms with Gasteiger partial charge in [-0.05, 0) is 25.1 Å². The number of hydrogen-bond acceptors (Lipinski definition) is 4. The lowest BCUT2D eigenvalue weighted by Gasteiger charge is -2.11. The summed E-state index contributed by atoms with van der Waals surface area (Å²) in [5.74, 6) is -0.169. The molecule has 1 aliphatic rings. The highest BCUT2D eigenvalue weighted by atomic mass is 16.2. The van der Waals surface area contributed by atoms with E-state index in [0.717, 1.165) is 22.5 Å². The molecule has 3 aromatic rings. The first-order chi connectivity index (χ1) is 14.2. The Hall–Kier alpha value is -3.98. The van der Waals surface area contributed by atoms with E-state index in [2.05, 4.69) is 16.3 Å². The fourth-order valence-electron chi connectivity index (χ4n) is 3.23. The van der Waals surface area contributed by atoms with Crippen molar-refractivity contribution >= 4 is 23.4 Å². The molecular formula is C23H19N5O. The molecule has 0 fully saturated rings. The molecule has 0 spiro atoms. The standard InChI is InChI=1S/C23H19N5O/c1-17-21(23(29)28(25-17)20-11-6-3-7-12-20)15-19-16-27(14-8-13-24)26-22(19)18-9-4-2-5-10-18/h2-7,9-12,15-16H,8,14H2,1H3/b21-15-. The predicted octanol–water partition coefficient (Wildman–Crippen LogP) is 4.27. The number of aryl methyl sites for hydroxylation is 1. The number of nitriles is 1. The van der Waals surface area contributed by atoms with Gasteiger partial charge in [-0.2, -0.15) is 20.5 Å². The number of benzene rings is 2. The molecule has 2 heterocycles. The molecule has 1 aromatic heterocycles. The van der Waals surface area contributed by atoms with E-state index in [1.165, 1.54) is 5.01 Å². The van der Waals surface area contributed by atoms with Crippen LogP contribution in [0.4, 0.5) is 5.69 Å². The molecule has 0 unspecified atom stereocenters. The molecule has 29 heavy (non-hydrogen) atoms. The van der Waals surface area contributed by atoms with Crippen LogP contribution in [0.5, 0.6) is 0 Å². The number of nitrogens with zero attached hydrogens (tertiary/aromatic N) is 5. The lowest BCUT2D eigenvalue weighted by Crippen LogP contribution is -2.21. The molecule has 2 aromatic carbocycles. The highest BCUT2D eigenvalue weighted by Crippen LogP contribution is 2.28. The van der Waals surface area contributed by atoms with Gasteiger partial charge < -0.3 is 0 Å². The molecule has 6 heteroatoms. The number of hydrazone groups is 1. The van der Waals surface area contributed by atoms with Crippen LogP contribution in [-0.2, 0) is 11.3 Å². The molecule has 1 amide bonds. The fraction of sp³-hybridized carbons (Fsp3) is 0.130. The second kappa shape index (κ2) is 7.95. The molecule has 0 radical (unpaired) electrons. The number of carbonyl (C=O) groups excluding carboxylic acids is 1. The summed E-state index contributed by atoms with van der Waals surface area (Å²) in [6, 6.07) is 21.3. The summed E-state index contributed by atoms with van der Waals surface area (Å²) in [5, 5.41) is 19.4. The first-order valence-electron chi connectivity index (χ1n) is 9.34. The van der Waals surface area contributed by atoms with Gasteiger partial charge in [0.15, 0.2) is 0 Å². The molecule has 0 bridgehead atoms. The Morgan fingerprint density at radius 1 is 1.07 bits per heavy atom. The van der Waals surface area contributed by atoms with Crippen molar-refractivity contribution < 1.29 is 4.79 Å². The minimum atomic E-state index is -0.169. The van der Waals surface area contributed by atoms with Gasteiger partial charge in [-0.1, -0.05) is 48.5 Å². The van der Waals surface area contributed by atoms with Crippen molar-refractivity contribution in [2.45, 2.75) is 19.9 Å². The van der Waals surface area contributed by atoms with Crippen molar-refractivity contribution in [3.8, 4) is 17.3 Å². The number of hydrogen-bond donors (Lipinski definition) is 0. The lowest BCUT2D eigenvalue weighted by atomic mass is 10.0. The van der Waals surface area contributed by atoms with Crippen LogP contribution in [0.3, 0.4) is 0 Å². The summed E-state index contributed by atoms with van der Waals surface area (Å²) in [5.41, 5.74) is 4.47. The molecular weight excluding hydrogens is 362 g/mol. The SMILES string of the molecule is CC1=NN(c2ccccc2)C(=O)/C1=C\c1cn(CCC#N)nc1-c1ccccc1. The first kappa shape index (κ1) is 18.4. The molecule has 4 rings (SSSR count). The van der Waals surface area contributed by atoms with E-state index in [1.807, 2.05) is 79.9 Å². The van der Waals surface area contributed by atoms with Crippen LogP contribution < -0.4 is 5.01 Å². The van der Waals surface area contributed by atoms with E-state index in [0.29, 0.717) is 24.3 Å². The Balaban J connectivity index is 1.74. The number of rotatable bonds is 5. The van der Waals surface area contributed by atoms with Crippen LogP contribution in [0.25, 0.3) is 17.3 Å². The highest BCUT2D eigenvalue weighted by molar-refractivity contribution is 6.32. The molecule has 0 saturated carbocycles. The van der Waals surface area contributed by atoms with Crippen molar-refractivity contribution in [1.29, 1.82) is 5.26 Å². The van der Waals surface area contributed by atoms with Gasteiger partial charge in [0.05, 0.1) is 41.7 Å². The van der Waals surface area contributed by atoms with Crippen LogP contribution in [0.1, 0.15) is 18.9 Å². The van der Waals surface area contributed by atoms with Gasteiger partial charge in [-0.25, -0.2) is 0 Å². The van der Waals surface area contributed by atoms with Crippen LogP contribution in [0, 0.1) is 11.3 Å². The summed E-state index contributed by atoms with van der Waals surface area (Å²) < 4.78 is 1.75. The molecule has 142 valence electrons. The number of amides is 1. The number of aromatic nitrogens is 2. The third kappa shape index (κ3) is 3.71. The molecule has 0 atom stereocenters. The second-order valence-electron chi connectivity index (χ2n) is 6.67. The molecule has 0 N–H and O–H groups in total. The normalized spacial score (nSPS) is 14.9. The molecule has 0 saturated heterocycles. The molecule has 1 aliphatic heterocycles. The van der Waals surface area contributed by atoms with E-state index in [1.54, 1.807) is 4.68 Å². The van der Waals surface area contributed by atoms with E-state index in [4.69, 9.17) is 5.26 Å². The van der Waals surface area contributed by atoms with Gasteiger partial charge in [0.2, 0.25) is 0 Å². The van der Waals surface area contributed by atoms with E-state index in [9.17, 15) is 4.79 Å². The lowest BCUT2D eigenvalue weighted by molar-refractivity contribution is -0.114. The Bertz CT molecular complexity index is 1140. The maximum absolute atomic E-state index is 13.0. The van der Waals surface area contributed by atoms with Crippen molar-refractivity contribution in [2.75, 3.05) is 5.01 Å². The van der Waals surface area contributed by atoms with Crippen molar-refractivity contribution in [2.24, 2.45) is 5.10 Å². The Kier molecular flexibility index (Phi) is 5.04. The van der Waals surface area contributed by atoms with E-state index in [-0.39, 0.29) is 5.91 Å². The van der Waals surface area contributed by atoms with Gasteiger partial charge in [-0.3, -0.25) is 9.48 Å². The quantitative estimate of drug-likeness (QED) is 0.620. The monoisotopic (exact) mass is 381 g/mol. The van der Waals surface area contributed by atoms with Crippen LogP contribution in [0.15, 0.2) is 77.5 Å². The predicted molar refractivity (Wildman–Crippen MR) is 113 cm³/mol. The number of carbonyl (C=O) groups is 1. The third-order valence-electron chi connectivity index (χ3n) is 4.65. The fourth-order valence-corrected chi connectivity index (χ4v) is 3.23. The first-order valence-corrected chi connectivity index (χ1v) is 9.34. The zero-order valence-electron chi connectivity index (χ0n) is 16.0. The average molecular weight is 381 g/mol. The summed E-state index contributed by atoms with van der Waals surface area (Å²) in [6.07, 6.45) is 4.08. The van der Waals surface area contributed by atoms with Gasteiger partial charge in [0.1, 0.15) is 0 Å². The third-order valence-corrected chi connectivity index (χ3v) is 4.65. The largest absolute Gasteiger partial charge is 0.280 e. The van der Waals surface area contributed by atoms with Gasteiger partial charge >= 0.3 is 0 Å². The van der Waals surface area contributed by atoms with Crippen molar-refractivity contribution in [1.82, 2.24) is 9.78 Å². The van der Waals surface area contributed by atoms with Crippen LogP contribution in [0.2, 0.25) is 0 Å². The summed E-state index contributed by atoms with van der Waals surface area (Å²) in [6.45, 7) is 2.33. The maximum atomic E-state index is 13.0. The second-order valence-corrected chi connectivity index (χ2v) is 6.67. The van der Waals surface area contributed by atoms with Gasteiger partial charge in [0.25, 0.3) is 5.91 Å². The number of anilines is 1. The smallest absolute Gasteiger partial charge is 0.270 e.